The van der Waals surface area contributed by atoms with Gasteiger partial charge >= 0.3 is 0 Å². The lowest BCUT2D eigenvalue weighted by atomic mass is 9.79. The van der Waals surface area contributed by atoms with Crippen LogP contribution in [0, 0.1) is 30.6 Å². The van der Waals surface area contributed by atoms with Crippen LogP contribution >= 0.6 is 11.6 Å². The maximum Gasteiger partial charge on any atom is 0.0640 e. The molecule has 3 aliphatic carbocycles. The zero-order valence-corrected chi connectivity index (χ0v) is 12.3. The highest BCUT2D eigenvalue weighted by Gasteiger charge is 2.53. The van der Waals surface area contributed by atoms with Crippen LogP contribution in [0.25, 0.3) is 0 Å². The maximum absolute atomic E-state index is 6.36. The first kappa shape index (κ1) is 12.1. The predicted molar refractivity (Wildman–Crippen MR) is 80.6 cm³/mol. The van der Waals surface area contributed by atoms with E-state index in [9.17, 15) is 0 Å². The second-order valence-electron chi connectivity index (χ2n) is 6.89. The lowest BCUT2D eigenvalue weighted by Crippen LogP contribution is -2.33. The predicted octanol–water partition coefficient (Wildman–Crippen LogP) is 4.89. The van der Waals surface area contributed by atoms with Gasteiger partial charge in [0.2, 0.25) is 0 Å². The number of aryl methyl sites for hydroxylation is 1. The third kappa shape index (κ3) is 1.89. The minimum Gasteiger partial charge on any atom is -0.381 e. The Morgan fingerprint density at radius 3 is 2.79 bits per heavy atom. The molecule has 3 aliphatic rings. The SMILES string of the molecule is Cc1ccc(NC2CC3CC2C2CCCC32)c(Cl)c1. The van der Waals surface area contributed by atoms with E-state index in [2.05, 4.69) is 30.4 Å². The summed E-state index contributed by atoms with van der Waals surface area (Å²) in [5, 5.41) is 4.63. The quantitative estimate of drug-likeness (QED) is 0.811. The number of nitrogens with one attached hydrogen (secondary N) is 1. The summed E-state index contributed by atoms with van der Waals surface area (Å²) in [5.74, 6) is 3.99. The summed E-state index contributed by atoms with van der Waals surface area (Å²) in [5.41, 5.74) is 2.37. The van der Waals surface area contributed by atoms with Crippen LogP contribution in [0.15, 0.2) is 18.2 Å². The molecule has 0 aromatic heterocycles. The Kier molecular flexibility index (Phi) is 2.80. The zero-order valence-electron chi connectivity index (χ0n) is 11.5. The molecule has 2 heteroatoms. The van der Waals surface area contributed by atoms with E-state index < -0.39 is 0 Å². The molecule has 3 fully saturated rings. The van der Waals surface area contributed by atoms with Crippen molar-refractivity contribution in [3.63, 3.8) is 0 Å². The average Bonchev–Trinajstić information content (AvgIpc) is 3.04. The third-order valence-electron chi connectivity index (χ3n) is 5.89. The molecule has 5 atom stereocenters. The number of anilines is 1. The normalized spacial score (nSPS) is 39.6. The van der Waals surface area contributed by atoms with Crippen LogP contribution in [0.5, 0.6) is 0 Å². The highest BCUT2D eigenvalue weighted by molar-refractivity contribution is 6.33. The van der Waals surface area contributed by atoms with Crippen LogP contribution in [0.2, 0.25) is 5.02 Å². The molecule has 4 rings (SSSR count). The molecule has 19 heavy (non-hydrogen) atoms. The second kappa shape index (κ2) is 4.41. The lowest BCUT2D eigenvalue weighted by Gasteiger charge is -2.33. The first-order valence-corrected chi connectivity index (χ1v) is 8.13. The Morgan fingerprint density at radius 2 is 1.95 bits per heavy atom. The summed E-state index contributed by atoms with van der Waals surface area (Å²) in [6.07, 6.45) is 7.29. The molecule has 1 N–H and O–H groups in total. The molecule has 0 radical (unpaired) electrons. The van der Waals surface area contributed by atoms with E-state index >= 15 is 0 Å². The van der Waals surface area contributed by atoms with Gasteiger partial charge in [0.05, 0.1) is 10.7 Å². The van der Waals surface area contributed by atoms with Gasteiger partial charge in [-0.1, -0.05) is 24.1 Å². The van der Waals surface area contributed by atoms with Gasteiger partial charge in [-0.2, -0.15) is 0 Å². The Balaban J connectivity index is 1.52. The van der Waals surface area contributed by atoms with E-state index in [1.165, 1.54) is 37.7 Å². The summed E-state index contributed by atoms with van der Waals surface area (Å²) in [6.45, 7) is 2.09. The number of hydrogen-bond acceptors (Lipinski definition) is 1. The van der Waals surface area contributed by atoms with Crippen molar-refractivity contribution in [2.45, 2.75) is 45.1 Å². The van der Waals surface area contributed by atoms with Gasteiger partial charge in [0.15, 0.2) is 0 Å². The molecular formula is C17H22ClN. The molecule has 1 nitrogen and oxygen atoms in total. The molecule has 1 aromatic carbocycles. The summed E-state index contributed by atoms with van der Waals surface area (Å²) < 4.78 is 0. The molecule has 3 saturated carbocycles. The van der Waals surface area contributed by atoms with Crippen molar-refractivity contribution in [3.05, 3.63) is 28.8 Å². The van der Waals surface area contributed by atoms with Crippen molar-refractivity contribution < 1.29 is 0 Å². The van der Waals surface area contributed by atoms with Crippen LogP contribution in [0.1, 0.15) is 37.7 Å². The zero-order chi connectivity index (χ0) is 13.0. The molecule has 0 spiro atoms. The monoisotopic (exact) mass is 275 g/mol. The van der Waals surface area contributed by atoms with Crippen LogP contribution in [-0.4, -0.2) is 6.04 Å². The first-order chi connectivity index (χ1) is 9.22. The van der Waals surface area contributed by atoms with Gasteiger partial charge in [0.1, 0.15) is 0 Å². The molecule has 2 bridgehead atoms. The first-order valence-electron chi connectivity index (χ1n) is 7.75. The van der Waals surface area contributed by atoms with Gasteiger partial charge in [-0.05, 0) is 74.0 Å². The number of rotatable bonds is 2. The number of halogens is 1. The van der Waals surface area contributed by atoms with Crippen LogP contribution < -0.4 is 5.32 Å². The van der Waals surface area contributed by atoms with Crippen LogP contribution in [0.4, 0.5) is 5.69 Å². The highest BCUT2D eigenvalue weighted by atomic mass is 35.5. The molecule has 0 heterocycles. The smallest absolute Gasteiger partial charge is 0.0640 e. The molecule has 1 aromatic rings. The van der Waals surface area contributed by atoms with Gasteiger partial charge in [0.25, 0.3) is 0 Å². The van der Waals surface area contributed by atoms with Crippen molar-refractivity contribution >= 4 is 17.3 Å². The standard InChI is InChI=1S/C17H22ClN/c1-10-5-6-16(15(18)7-10)19-17-9-11-8-14(17)13-4-2-3-12(11)13/h5-7,11-14,17,19H,2-4,8-9H2,1H3. The largest absolute Gasteiger partial charge is 0.381 e. The number of fused-ring (bicyclic) bond motifs is 5. The molecular weight excluding hydrogens is 254 g/mol. The van der Waals surface area contributed by atoms with Crippen LogP contribution in [-0.2, 0) is 0 Å². The van der Waals surface area contributed by atoms with Gasteiger partial charge in [-0.3, -0.25) is 0 Å². The maximum atomic E-state index is 6.36. The molecule has 0 aliphatic heterocycles. The van der Waals surface area contributed by atoms with Gasteiger partial charge in [0, 0.05) is 6.04 Å². The highest BCUT2D eigenvalue weighted by Crippen LogP contribution is 2.59. The summed E-state index contributed by atoms with van der Waals surface area (Å²) >= 11 is 6.36. The molecule has 102 valence electrons. The average molecular weight is 276 g/mol. The van der Waals surface area contributed by atoms with Gasteiger partial charge < -0.3 is 5.32 Å². The second-order valence-corrected chi connectivity index (χ2v) is 7.30. The lowest BCUT2D eigenvalue weighted by molar-refractivity contribution is 0.243. The number of hydrogen-bond donors (Lipinski definition) is 1. The number of benzene rings is 1. The molecule has 0 saturated heterocycles. The van der Waals surface area contributed by atoms with E-state index in [4.69, 9.17) is 11.6 Å². The van der Waals surface area contributed by atoms with Crippen molar-refractivity contribution in [2.75, 3.05) is 5.32 Å². The van der Waals surface area contributed by atoms with E-state index in [0.29, 0.717) is 6.04 Å². The van der Waals surface area contributed by atoms with Crippen LogP contribution in [0.3, 0.4) is 0 Å². The van der Waals surface area contributed by atoms with Crippen molar-refractivity contribution in [1.29, 1.82) is 0 Å². The van der Waals surface area contributed by atoms with Crippen molar-refractivity contribution in [1.82, 2.24) is 0 Å². The van der Waals surface area contributed by atoms with Gasteiger partial charge in [-0.25, -0.2) is 0 Å². The Labute approximate surface area is 120 Å². The summed E-state index contributed by atoms with van der Waals surface area (Å²) in [4.78, 5) is 0. The Bertz CT molecular complexity index is 498. The minimum absolute atomic E-state index is 0.671. The topological polar surface area (TPSA) is 12.0 Å². The van der Waals surface area contributed by atoms with Gasteiger partial charge in [-0.15, -0.1) is 0 Å². The summed E-state index contributed by atoms with van der Waals surface area (Å²) in [7, 11) is 0. The molecule has 5 unspecified atom stereocenters. The fraction of sp³-hybridized carbons (Fsp3) is 0.647. The van der Waals surface area contributed by atoms with E-state index in [0.717, 1.165) is 34.4 Å². The minimum atomic E-state index is 0.671. The van der Waals surface area contributed by atoms with E-state index in [1.54, 1.807) is 0 Å². The Morgan fingerprint density at radius 1 is 1.11 bits per heavy atom. The van der Waals surface area contributed by atoms with Crippen molar-refractivity contribution in [2.24, 2.45) is 23.7 Å². The van der Waals surface area contributed by atoms with E-state index in [1.807, 2.05) is 0 Å². The fourth-order valence-electron chi connectivity index (χ4n) is 5.17. The summed E-state index contributed by atoms with van der Waals surface area (Å²) in [6, 6.07) is 7.04. The third-order valence-corrected chi connectivity index (χ3v) is 6.21. The molecule has 0 amide bonds. The van der Waals surface area contributed by atoms with E-state index in [-0.39, 0.29) is 0 Å². The Hall–Kier alpha value is -0.690. The fourth-order valence-corrected chi connectivity index (χ4v) is 5.46. The van der Waals surface area contributed by atoms with Crippen molar-refractivity contribution in [3.8, 4) is 0 Å².